The van der Waals surface area contributed by atoms with Gasteiger partial charge in [0.2, 0.25) is 0 Å². The average Bonchev–Trinajstić information content (AvgIpc) is 3.19. The van der Waals surface area contributed by atoms with Crippen LogP contribution in [0.2, 0.25) is 0 Å². The predicted octanol–water partition coefficient (Wildman–Crippen LogP) is 1.80. The molecule has 1 heterocycles. The van der Waals surface area contributed by atoms with Crippen molar-refractivity contribution < 1.29 is 9.47 Å². The van der Waals surface area contributed by atoms with Gasteiger partial charge in [-0.15, -0.1) is 0 Å². The van der Waals surface area contributed by atoms with E-state index in [9.17, 15) is 0 Å². The minimum Gasteiger partial charge on any atom is -0.489 e. The molecular formula is C14H23N3O2. The van der Waals surface area contributed by atoms with Gasteiger partial charge >= 0.3 is 0 Å². The first kappa shape index (κ1) is 14.2. The molecule has 0 bridgehead atoms. The van der Waals surface area contributed by atoms with Crippen LogP contribution in [-0.2, 0) is 4.74 Å². The summed E-state index contributed by atoms with van der Waals surface area (Å²) in [5.41, 5.74) is 3.85. The van der Waals surface area contributed by atoms with Gasteiger partial charge in [-0.25, -0.2) is 0 Å². The van der Waals surface area contributed by atoms with Gasteiger partial charge in [0.25, 0.3) is 0 Å². The van der Waals surface area contributed by atoms with E-state index in [1.807, 2.05) is 26.1 Å². The third-order valence-corrected chi connectivity index (χ3v) is 3.33. The molecule has 5 heteroatoms. The summed E-state index contributed by atoms with van der Waals surface area (Å²) in [6.07, 6.45) is 6.14. The zero-order valence-corrected chi connectivity index (χ0v) is 11.8. The monoisotopic (exact) mass is 265 g/mol. The number of nitrogens with two attached hydrogens (primary N) is 1. The Bertz CT molecular complexity index is 407. The van der Waals surface area contributed by atoms with Gasteiger partial charge in [0, 0.05) is 13.3 Å². The number of aromatic nitrogens is 1. The van der Waals surface area contributed by atoms with Crippen LogP contribution >= 0.6 is 0 Å². The minimum atomic E-state index is -0.0549. The standard InChI is InChI=1S/C14H23N3O2/c1-9(2)19-12-6-11(7-16-8-12)13(17-15)14(18-3)10-4-5-10/h6-10,13-14,17H,4-5,15H2,1-3H3. The number of ether oxygens (including phenoxy) is 2. The number of nitrogens with zero attached hydrogens (tertiary/aromatic N) is 1. The topological polar surface area (TPSA) is 69.4 Å². The molecule has 1 saturated carbocycles. The Morgan fingerprint density at radius 3 is 2.63 bits per heavy atom. The van der Waals surface area contributed by atoms with E-state index in [2.05, 4.69) is 10.4 Å². The lowest BCUT2D eigenvalue weighted by Gasteiger charge is -2.26. The second kappa shape index (κ2) is 6.32. The minimum absolute atomic E-state index is 0.0549. The Labute approximate surface area is 114 Å². The highest BCUT2D eigenvalue weighted by Crippen LogP contribution is 2.39. The summed E-state index contributed by atoms with van der Waals surface area (Å²) in [5.74, 6) is 7.05. The SMILES string of the molecule is COC(C1CC1)C(NN)c1cncc(OC(C)C)c1. The maximum absolute atomic E-state index is 5.70. The van der Waals surface area contributed by atoms with Crippen molar-refractivity contribution in [1.29, 1.82) is 0 Å². The number of methoxy groups -OCH3 is 1. The molecule has 1 fully saturated rings. The zero-order valence-electron chi connectivity index (χ0n) is 11.8. The summed E-state index contributed by atoms with van der Waals surface area (Å²) in [5, 5.41) is 0. The molecule has 1 aliphatic rings. The van der Waals surface area contributed by atoms with Crippen molar-refractivity contribution in [3.63, 3.8) is 0 Å². The fourth-order valence-electron chi connectivity index (χ4n) is 2.35. The summed E-state index contributed by atoms with van der Waals surface area (Å²) in [7, 11) is 1.73. The molecule has 2 atom stereocenters. The normalized spacial score (nSPS) is 18.4. The van der Waals surface area contributed by atoms with Crippen molar-refractivity contribution in [2.45, 2.75) is 44.9 Å². The Morgan fingerprint density at radius 1 is 1.37 bits per heavy atom. The van der Waals surface area contributed by atoms with Gasteiger partial charge in [-0.05, 0) is 44.2 Å². The van der Waals surface area contributed by atoms with Crippen LogP contribution in [0.25, 0.3) is 0 Å². The lowest BCUT2D eigenvalue weighted by molar-refractivity contribution is 0.0505. The third kappa shape index (κ3) is 3.65. The number of rotatable bonds is 7. The largest absolute Gasteiger partial charge is 0.489 e. The molecule has 106 valence electrons. The highest BCUT2D eigenvalue weighted by molar-refractivity contribution is 5.27. The molecular weight excluding hydrogens is 242 g/mol. The van der Waals surface area contributed by atoms with E-state index in [1.54, 1.807) is 13.3 Å². The van der Waals surface area contributed by atoms with E-state index in [1.165, 1.54) is 12.8 Å². The maximum atomic E-state index is 5.70. The molecule has 2 rings (SSSR count). The summed E-state index contributed by atoms with van der Waals surface area (Å²) >= 11 is 0. The number of hydrogen-bond acceptors (Lipinski definition) is 5. The van der Waals surface area contributed by atoms with Crippen molar-refractivity contribution in [3.05, 3.63) is 24.0 Å². The number of nitrogens with one attached hydrogen (secondary N) is 1. The van der Waals surface area contributed by atoms with Crippen molar-refractivity contribution in [3.8, 4) is 5.75 Å². The van der Waals surface area contributed by atoms with Crippen molar-refractivity contribution in [2.24, 2.45) is 11.8 Å². The quantitative estimate of drug-likeness (QED) is 0.581. The molecule has 0 aromatic carbocycles. The molecule has 1 aromatic rings. The number of hydrazine groups is 1. The van der Waals surface area contributed by atoms with E-state index in [0.29, 0.717) is 5.92 Å². The molecule has 0 saturated heterocycles. The summed E-state index contributed by atoms with van der Waals surface area (Å²) in [6, 6.07) is 1.92. The van der Waals surface area contributed by atoms with Crippen LogP contribution in [0.3, 0.4) is 0 Å². The highest BCUT2D eigenvalue weighted by Gasteiger charge is 2.37. The smallest absolute Gasteiger partial charge is 0.138 e. The van der Waals surface area contributed by atoms with Gasteiger partial charge in [0.1, 0.15) is 5.75 Å². The molecule has 19 heavy (non-hydrogen) atoms. The van der Waals surface area contributed by atoms with E-state index in [4.69, 9.17) is 15.3 Å². The predicted molar refractivity (Wildman–Crippen MR) is 73.6 cm³/mol. The van der Waals surface area contributed by atoms with Crippen LogP contribution in [0.5, 0.6) is 5.75 Å². The second-order valence-corrected chi connectivity index (χ2v) is 5.30. The van der Waals surface area contributed by atoms with Crippen molar-refractivity contribution in [2.75, 3.05) is 7.11 Å². The van der Waals surface area contributed by atoms with Gasteiger partial charge in [-0.3, -0.25) is 16.3 Å². The fourth-order valence-corrected chi connectivity index (χ4v) is 2.35. The van der Waals surface area contributed by atoms with Gasteiger partial charge in [0.05, 0.1) is 24.4 Å². The van der Waals surface area contributed by atoms with Crippen LogP contribution in [0.4, 0.5) is 0 Å². The van der Waals surface area contributed by atoms with Gasteiger partial charge in [0.15, 0.2) is 0 Å². The summed E-state index contributed by atoms with van der Waals surface area (Å²) in [6.45, 7) is 3.99. The number of pyridine rings is 1. The van der Waals surface area contributed by atoms with Gasteiger partial charge in [-0.2, -0.15) is 0 Å². The van der Waals surface area contributed by atoms with Gasteiger partial charge < -0.3 is 9.47 Å². The van der Waals surface area contributed by atoms with E-state index in [0.717, 1.165) is 11.3 Å². The first-order valence-electron chi connectivity index (χ1n) is 6.76. The van der Waals surface area contributed by atoms with Gasteiger partial charge in [-0.1, -0.05) is 0 Å². The van der Waals surface area contributed by atoms with Crippen LogP contribution in [0.15, 0.2) is 18.5 Å². The van der Waals surface area contributed by atoms with Crippen LogP contribution < -0.4 is 16.0 Å². The average molecular weight is 265 g/mol. The summed E-state index contributed by atoms with van der Waals surface area (Å²) in [4.78, 5) is 4.23. The first-order chi connectivity index (χ1) is 9.15. The second-order valence-electron chi connectivity index (χ2n) is 5.30. The Balaban J connectivity index is 2.17. The first-order valence-corrected chi connectivity index (χ1v) is 6.76. The Morgan fingerprint density at radius 2 is 2.11 bits per heavy atom. The molecule has 0 amide bonds. The molecule has 5 nitrogen and oxygen atoms in total. The lowest BCUT2D eigenvalue weighted by Crippen LogP contribution is -2.38. The Hall–Kier alpha value is -1.17. The van der Waals surface area contributed by atoms with Crippen molar-refractivity contribution >= 4 is 0 Å². The van der Waals surface area contributed by atoms with E-state index in [-0.39, 0.29) is 18.2 Å². The van der Waals surface area contributed by atoms with Crippen LogP contribution in [0, 0.1) is 5.92 Å². The van der Waals surface area contributed by atoms with Crippen LogP contribution in [-0.4, -0.2) is 24.3 Å². The van der Waals surface area contributed by atoms with E-state index >= 15 is 0 Å². The lowest BCUT2D eigenvalue weighted by atomic mass is 10.00. The molecule has 0 aliphatic heterocycles. The number of hydrogen-bond donors (Lipinski definition) is 2. The zero-order chi connectivity index (χ0) is 13.8. The van der Waals surface area contributed by atoms with E-state index < -0.39 is 0 Å². The molecule has 1 aliphatic carbocycles. The molecule has 3 N–H and O–H groups in total. The molecule has 2 unspecified atom stereocenters. The summed E-state index contributed by atoms with van der Waals surface area (Å²) < 4.78 is 11.3. The van der Waals surface area contributed by atoms with Crippen LogP contribution in [0.1, 0.15) is 38.3 Å². The molecule has 0 spiro atoms. The fraction of sp³-hybridized carbons (Fsp3) is 0.643. The molecule has 0 radical (unpaired) electrons. The highest BCUT2D eigenvalue weighted by atomic mass is 16.5. The maximum Gasteiger partial charge on any atom is 0.138 e. The Kier molecular flexibility index (Phi) is 4.74. The third-order valence-electron chi connectivity index (χ3n) is 3.33. The molecule has 1 aromatic heterocycles. The van der Waals surface area contributed by atoms with Crippen molar-refractivity contribution in [1.82, 2.24) is 10.4 Å².